The molecule has 4 rings (SSSR count). The summed E-state index contributed by atoms with van der Waals surface area (Å²) in [7, 11) is 1.42. The van der Waals surface area contributed by atoms with Gasteiger partial charge in [-0.15, -0.1) is 0 Å². The summed E-state index contributed by atoms with van der Waals surface area (Å²) in [6, 6.07) is 0. The summed E-state index contributed by atoms with van der Waals surface area (Å²) in [6.07, 6.45) is 16.5. The van der Waals surface area contributed by atoms with Crippen LogP contribution in [0.4, 0.5) is 0 Å². The van der Waals surface area contributed by atoms with Gasteiger partial charge in [-0.3, -0.25) is 4.79 Å². The van der Waals surface area contributed by atoms with Crippen LogP contribution in [0.15, 0.2) is 35.5 Å². The molecular weight excluding hydrogens is 388 g/mol. The minimum absolute atomic E-state index is 0.101. The topological polar surface area (TPSA) is 52.6 Å². The summed E-state index contributed by atoms with van der Waals surface area (Å²) >= 11 is 0. The van der Waals surface area contributed by atoms with Gasteiger partial charge in [0.05, 0.1) is 7.11 Å². The van der Waals surface area contributed by atoms with Crippen LogP contribution in [-0.2, 0) is 19.1 Å². The van der Waals surface area contributed by atoms with Crippen molar-refractivity contribution < 1.29 is 19.1 Å². The van der Waals surface area contributed by atoms with Crippen molar-refractivity contribution in [2.24, 2.45) is 34.5 Å². The average molecular weight is 427 g/mol. The van der Waals surface area contributed by atoms with Gasteiger partial charge in [0.2, 0.25) is 0 Å². The lowest BCUT2D eigenvalue weighted by Gasteiger charge is -2.57. The van der Waals surface area contributed by atoms with Crippen molar-refractivity contribution in [1.82, 2.24) is 0 Å². The van der Waals surface area contributed by atoms with E-state index in [0.29, 0.717) is 17.8 Å². The number of ether oxygens (including phenoxy) is 2. The van der Waals surface area contributed by atoms with Crippen LogP contribution in [0.5, 0.6) is 0 Å². The van der Waals surface area contributed by atoms with Crippen LogP contribution in [0.25, 0.3) is 0 Å². The number of rotatable bonds is 4. The molecule has 31 heavy (non-hydrogen) atoms. The summed E-state index contributed by atoms with van der Waals surface area (Å²) in [5, 5.41) is 0. The number of carbonyl (C=O) groups excluding carboxylic acids is 2. The van der Waals surface area contributed by atoms with Crippen LogP contribution in [-0.4, -0.2) is 25.2 Å². The number of methoxy groups -OCH3 is 1. The van der Waals surface area contributed by atoms with E-state index in [1.54, 1.807) is 11.6 Å². The number of allylic oxidation sites excluding steroid dienone is 5. The molecule has 0 saturated heterocycles. The van der Waals surface area contributed by atoms with E-state index < -0.39 is 0 Å². The van der Waals surface area contributed by atoms with E-state index >= 15 is 0 Å². The first kappa shape index (κ1) is 22.4. The zero-order valence-corrected chi connectivity index (χ0v) is 19.8. The largest absolute Gasteiger partial charge is 0.466 e. The summed E-state index contributed by atoms with van der Waals surface area (Å²) in [4.78, 5) is 23.0. The number of esters is 2. The molecule has 2 saturated carbocycles. The summed E-state index contributed by atoms with van der Waals surface area (Å²) < 4.78 is 10.4. The molecule has 7 atom stereocenters. The molecule has 0 spiro atoms. The van der Waals surface area contributed by atoms with E-state index in [9.17, 15) is 9.59 Å². The normalized spacial score (nSPS) is 40.2. The Morgan fingerprint density at radius 1 is 1.16 bits per heavy atom. The number of hydrogen-bond donors (Lipinski definition) is 0. The van der Waals surface area contributed by atoms with Gasteiger partial charge in [-0.05, 0) is 79.4 Å². The first-order valence-electron chi connectivity index (χ1n) is 12.0. The van der Waals surface area contributed by atoms with Gasteiger partial charge in [0.15, 0.2) is 0 Å². The third-order valence-corrected chi connectivity index (χ3v) is 9.17. The van der Waals surface area contributed by atoms with Gasteiger partial charge in [-0.2, -0.15) is 0 Å². The molecule has 0 radical (unpaired) electrons. The lowest BCUT2D eigenvalue weighted by atomic mass is 9.48. The Morgan fingerprint density at radius 2 is 1.94 bits per heavy atom. The van der Waals surface area contributed by atoms with Crippen molar-refractivity contribution in [3.8, 4) is 0 Å². The Kier molecular flexibility index (Phi) is 5.95. The lowest BCUT2D eigenvalue weighted by molar-refractivity contribution is -0.151. The van der Waals surface area contributed by atoms with E-state index in [0.717, 1.165) is 32.1 Å². The van der Waals surface area contributed by atoms with E-state index in [2.05, 4.69) is 32.9 Å². The summed E-state index contributed by atoms with van der Waals surface area (Å²) in [5.41, 5.74) is 3.60. The smallest absolute Gasteiger partial charge is 0.330 e. The van der Waals surface area contributed by atoms with Gasteiger partial charge in [-0.25, -0.2) is 4.79 Å². The average Bonchev–Trinajstić information content (AvgIpc) is 3.09. The van der Waals surface area contributed by atoms with Gasteiger partial charge < -0.3 is 9.47 Å². The van der Waals surface area contributed by atoms with Crippen LogP contribution in [0, 0.1) is 34.5 Å². The van der Waals surface area contributed by atoms with Crippen molar-refractivity contribution in [1.29, 1.82) is 0 Å². The van der Waals surface area contributed by atoms with Crippen molar-refractivity contribution in [2.45, 2.75) is 78.7 Å². The monoisotopic (exact) mass is 426 g/mol. The molecule has 4 nitrogen and oxygen atoms in total. The quantitative estimate of drug-likeness (QED) is 0.325. The Labute approximate surface area is 187 Å². The van der Waals surface area contributed by atoms with Crippen LogP contribution in [0.1, 0.15) is 72.6 Å². The highest BCUT2D eigenvalue weighted by Crippen LogP contribution is 2.65. The maximum Gasteiger partial charge on any atom is 0.330 e. The molecule has 0 aliphatic heterocycles. The van der Waals surface area contributed by atoms with Crippen LogP contribution in [0.2, 0.25) is 0 Å². The molecule has 4 heteroatoms. The molecule has 0 aromatic carbocycles. The highest BCUT2D eigenvalue weighted by molar-refractivity contribution is 5.81. The van der Waals surface area contributed by atoms with E-state index in [1.165, 1.54) is 32.4 Å². The van der Waals surface area contributed by atoms with Crippen LogP contribution in [0.3, 0.4) is 0 Å². The number of carbonyl (C=O) groups is 2. The third kappa shape index (κ3) is 3.81. The van der Waals surface area contributed by atoms with Crippen LogP contribution < -0.4 is 0 Å². The summed E-state index contributed by atoms with van der Waals surface area (Å²) in [5.74, 6) is 1.74. The maximum absolute atomic E-state index is 11.6. The van der Waals surface area contributed by atoms with Gasteiger partial charge >= 0.3 is 11.9 Å². The molecule has 4 aliphatic carbocycles. The minimum Gasteiger partial charge on any atom is -0.466 e. The standard InChI is InChI=1S/C27H38O4/c1-17(6-11-25(29)30-5)22-9-10-23-21-8-7-19-16-20(31-18(2)28)12-14-26(19,3)24(21)13-15-27(22,23)4/h6,9,11,13,17,19-21,23H,7-8,10,12,14-16H2,1-5H3/b11-6+/t17-,19-,20-,21+,23+,26+,27-/m1/s1. The SMILES string of the molecule is COC(=O)/C=C/[C@@H](C)C1=CC[C@H]2[C@@H]3CC[C@@H]4C[C@H](OC(C)=O)CC[C@]4(C)C3=CC[C@]12C. The van der Waals surface area contributed by atoms with Crippen molar-refractivity contribution in [2.75, 3.05) is 7.11 Å². The van der Waals surface area contributed by atoms with Crippen molar-refractivity contribution >= 4 is 11.9 Å². The van der Waals surface area contributed by atoms with Gasteiger partial charge in [0, 0.05) is 13.0 Å². The predicted octanol–water partition coefficient (Wildman–Crippen LogP) is 5.78. The highest BCUT2D eigenvalue weighted by atomic mass is 16.5. The fraction of sp³-hybridized carbons (Fsp3) is 0.704. The fourth-order valence-corrected chi connectivity index (χ4v) is 7.54. The zero-order chi connectivity index (χ0) is 22.4. The molecule has 4 aliphatic rings. The van der Waals surface area contributed by atoms with Crippen molar-refractivity contribution in [3.63, 3.8) is 0 Å². The van der Waals surface area contributed by atoms with Gasteiger partial charge in [0.25, 0.3) is 0 Å². The van der Waals surface area contributed by atoms with Gasteiger partial charge in [-0.1, -0.05) is 50.1 Å². The molecule has 0 heterocycles. The van der Waals surface area contributed by atoms with E-state index in [1.807, 2.05) is 6.08 Å². The minimum atomic E-state index is -0.284. The maximum atomic E-state index is 11.6. The first-order chi connectivity index (χ1) is 14.7. The van der Waals surface area contributed by atoms with Gasteiger partial charge in [0.1, 0.15) is 6.10 Å². The van der Waals surface area contributed by atoms with Crippen molar-refractivity contribution in [3.05, 3.63) is 35.5 Å². The Morgan fingerprint density at radius 3 is 2.65 bits per heavy atom. The molecule has 0 aromatic heterocycles. The second kappa shape index (κ2) is 8.26. The first-order valence-corrected chi connectivity index (χ1v) is 12.0. The second-order valence-corrected chi connectivity index (χ2v) is 10.8. The zero-order valence-electron chi connectivity index (χ0n) is 19.8. The highest BCUT2D eigenvalue weighted by Gasteiger charge is 2.55. The third-order valence-electron chi connectivity index (χ3n) is 9.17. The lowest BCUT2D eigenvalue weighted by Crippen LogP contribution is -2.48. The molecular formula is C27H38O4. The molecule has 0 amide bonds. The fourth-order valence-electron chi connectivity index (χ4n) is 7.54. The Balaban J connectivity index is 1.54. The van der Waals surface area contributed by atoms with Crippen LogP contribution >= 0.6 is 0 Å². The molecule has 0 aromatic rings. The number of hydrogen-bond acceptors (Lipinski definition) is 4. The van der Waals surface area contributed by atoms with E-state index in [4.69, 9.17) is 9.47 Å². The Bertz CT molecular complexity index is 836. The van der Waals surface area contributed by atoms with E-state index in [-0.39, 0.29) is 34.8 Å². The molecule has 0 unspecified atom stereocenters. The molecule has 2 fully saturated rings. The Hall–Kier alpha value is -1.84. The summed E-state index contributed by atoms with van der Waals surface area (Å²) in [6.45, 7) is 8.65. The predicted molar refractivity (Wildman–Crippen MR) is 121 cm³/mol. The molecule has 170 valence electrons. The second-order valence-electron chi connectivity index (χ2n) is 10.8. The molecule has 0 bridgehead atoms. The molecule has 0 N–H and O–H groups in total. The number of fused-ring (bicyclic) bond motifs is 5.